The molecule has 11 nitrogen and oxygen atoms in total. The molecule has 45 heavy (non-hydrogen) atoms. The van der Waals surface area contributed by atoms with Crippen LogP contribution in [0.4, 0.5) is 0 Å². The third-order valence-corrected chi connectivity index (χ3v) is 9.96. The summed E-state index contributed by atoms with van der Waals surface area (Å²) >= 11 is 0. The van der Waals surface area contributed by atoms with Crippen LogP contribution in [0.25, 0.3) is 0 Å². The van der Waals surface area contributed by atoms with Crippen LogP contribution in [0.1, 0.15) is 108 Å². The monoisotopic (exact) mass is 647 g/mol. The van der Waals surface area contributed by atoms with Gasteiger partial charge in [-0.3, -0.25) is 4.79 Å². The molecule has 0 aromatic carbocycles. The number of hydrogen-bond acceptors (Lipinski definition) is 11. The van der Waals surface area contributed by atoms with E-state index in [1.54, 1.807) is 27.7 Å². The highest BCUT2D eigenvalue weighted by molar-refractivity contribution is 5.73. The molecule has 0 amide bonds. The van der Waals surface area contributed by atoms with E-state index in [0.29, 0.717) is 19.3 Å². The Bertz CT molecular complexity index is 883. The maximum atomic E-state index is 13.6. The van der Waals surface area contributed by atoms with Crippen molar-refractivity contribution in [2.24, 2.45) is 23.7 Å². The second kappa shape index (κ2) is 17.0. The predicted octanol–water partition coefficient (Wildman–Crippen LogP) is 3.83. The highest BCUT2D eigenvalue weighted by atomic mass is 16.7. The molecule has 0 aromatic rings. The summed E-state index contributed by atoms with van der Waals surface area (Å²) in [5.74, 6) is -4.26. The summed E-state index contributed by atoms with van der Waals surface area (Å²) in [4.78, 5) is 15.8. The van der Waals surface area contributed by atoms with E-state index in [1.807, 2.05) is 34.9 Å². The SMILES string of the molecule is CC[C@H](C)C[C@@](C)(O)[C@H](OC1CC(N(C)C)CC(C)O1)[C@@H](C)[C@H](O[C@H]1CC(C)[C@@H](O)C(C)O1)C(C)C(=O)O[C@H](CC)C(C)(O)O. The molecule has 0 aliphatic carbocycles. The first-order chi connectivity index (χ1) is 20.7. The van der Waals surface area contributed by atoms with Gasteiger partial charge in [0, 0.05) is 24.8 Å². The van der Waals surface area contributed by atoms with E-state index in [4.69, 9.17) is 23.7 Å². The zero-order chi connectivity index (χ0) is 34.4. The Morgan fingerprint density at radius 3 is 2.04 bits per heavy atom. The Morgan fingerprint density at radius 1 is 0.933 bits per heavy atom. The first kappa shape index (κ1) is 40.3. The number of ether oxygens (including phenoxy) is 5. The van der Waals surface area contributed by atoms with Gasteiger partial charge < -0.3 is 49.0 Å². The topological polar surface area (TPSA) is 147 Å². The van der Waals surface area contributed by atoms with Crippen molar-refractivity contribution in [2.45, 2.75) is 174 Å². The van der Waals surface area contributed by atoms with E-state index in [1.165, 1.54) is 6.92 Å². The Kier molecular flexibility index (Phi) is 15.2. The number of nitrogens with zero attached hydrogens (tertiary/aromatic N) is 1. The lowest BCUT2D eigenvalue weighted by Gasteiger charge is -2.46. The quantitative estimate of drug-likeness (QED) is 0.143. The molecule has 14 atom stereocenters. The zero-order valence-corrected chi connectivity index (χ0v) is 29.9. The molecule has 2 saturated heterocycles. The fraction of sp³-hybridized carbons (Fsp3) is 0.971. The Labute approximate surface area is 271 Å². The smallest absolute Gasteiger partial charge is 0.311 e. The Morgan fingerprint density at radius 2 is 1.53 bits per heavy atom. The highest BCUT2D eigenvalue weighted by Gasteiger charge is 2.48. The van der Waals surface area contributed by atoms with Crippen molar-refractivity contribution in [1.29, 1.82) is 0 Å². The number of carbonyl (C=O) groups is 1. The fourth-order valence-electron chi connectivity index (χ4n) is 6.92. The summed E-state index contributed by atoms with van der Waals surface area (Å²) < 4.78 is 31.3. The number of rotatable bonds is 16. The minimum atomic E-state index is -2.22. The maximum Gasteiger partial charge on any atom is 0.311 e. The van der Waals surface area contributed by atoms with Gasteiger partial charge in [-0.05, 0) is 79.8 Å². The maximum absolute atomic E-state index is 13.6. The van der Waals surface area contributed by atoms with Gasteiger partial charge in [0.2, 0.25) is 0 Å². The van der Waals surface area contributed by atoms with E-state index in [-0.39, 0.29) is 30.4 Å². The number of aliphatic hydroxyl groups excluding tert-OH is 1. The molecule has 6 unspecified atom stereocenters. The number of aliphatic hydroxyl groups is 4. The van der Waals surface area contributed by atoms with Crippen LogP contribution in [-0.2, 0) is 28.5 Å². The molecule has 0 spiro atoms. The third-order valence-electron chi connectivity index (χ3n) is 9.96. The largest absolute Gasteiger partial charge is 0.456 e. The molecule has 2 aliphatic rings. The lowest BCUT2D eigenvalue weighted by molar-refractivity contribution is -0.291. The molecule has 266 valence electrons. The summed E-state index contributed by atoms with van der Waals surface area (Å²) in [5.41, 5.74) is -1.32. The van der Waals surface area contributed by atoms with E-state index in [2.05, 4.69) is 18.7 Å². The molecule has 4 N–H and O–H groups in total. The summed E-state index contributed by atoms with van der Waals surface area (Å²) in [5, 5.41) is 43.0. The van der Waals surface area contributed by atoms with Crippen LogP contribution in [-0.4, -0.2) is 112 Å². The molecule has 2 aliphatic heterocycles. The van der Waals surface area contributed by atoms with Gasteiger partial charge in [-0.2, -0.15) is 0 Å². The first-order valence-corrected chi connectivity index (χ1v) is 17.1. The average Bonchev–Trinajstić information content (AvgIpc) is 2.93. The van der Waals surface area contributed by atoms with Gasteiger partial charge in [0.05, 0.1) is 42.0 Å². The van der Waals surface area contributed by atoms with Gasteiger partial charge in [-0.25, -0.2) is 0 Å². The molecular weight excluding hydrogens is 582 g/mol. The van der Waals surface area contributed by atoms with Crippen LogP contribution >= 0.6 is 0 Å². The van der Waals surface area contributed by atoms with Gasteiger partial charge >= 0.3 is 5.97 Å². The van der Waals surface area contributed by atoms with E-state index >= 15 is 0 Å². The number of esters is 1. The highest BCUT2D eigenvalue weighted by Crippen LogP contribution is 2.38. The first-order valence-electron chi connectivity index (χ1n) is 17.1. The van der Waals surface area contributed by atoms with Crippen molar-refractivity contribution in [2.75, 3.05) is 14.1 Å². The molecule has 0 aromatic heterocycles. The molecule has 2 heterocycles. The Hall–Kier alpha value is -0.890. The van der Waals surface area contributed by atoms with Gasteiger partial charge in [0.15, 0.2) is 24.5 Å². The van der Waals surface area contributed by atoms with Crippen LogP contribution in [0.5, 0.6) is 0 Å². The van der Waals surface area contributed by atoms with Crippen LogP contribution < -0.4 is 0 Å². The van der Waals surface area contributed by atoms with Gasteiger partial charge in [0.25, 0.3) is 0 Å². The Balaban J connectivity index is 2.51. The summed E-state index contributed by atoms with van der Waals surface area (Å²) in [6.45, 7) is 18.1. The fourth-order valence-corrected chi connectivity index (χ4v) is 6.92. The van der Waals surface area contributed by atoms with E-state index in [9.17, 15) is 25.2 Å². The zero-order valence-electron chi connectivity index (χ0n) is 29.9. The van der Waals surface area contributed by atoms with Gasteiger partial charge in [0.1, 0.15) is 0 Å². The van der Waals surface area contributed by atoms with Crippen LogP contribution in [0.2, 0.25) is 0 Å². The van der Waals surface area contributed by atoms with Crippen molar-refractivity contribution >= 4 is 5.97 Å². The second-order valence-corrected chi connectivity index (χ2v) is 14.7. The van der Waals surface area contributed by atoms with Crippen molar-refractivity contribution in [3.8, 4) is 0 Å². The summed E-state index contributed by atoms with van der Waals surface area (Å²) in [7, 11) is 4.07. The summed E-state index contributed by atoms with van der Waals surface area (Å²) in [6.07, 6.45) is -1.91. The molecular formula is C34H65NO10. The van der Waals surface area contributed by atoms with Gasteiger partial charge in [-0.1, -0.05) is 41.0 Å². The lowest BCUT2D eigenvalue weighted by atomic mass is 9.77. The van der Waals surface area contributed by atoms with E-state index in [0.717, 1.165) is 12.8 Å². The molecule has 0 saturated carbocycles. The van der Waals surface area contributed by atoms with Gasteiger partial charge in [-0.15, -0.1) is 0 Å². The van der Waals surface area contributed by atoms with Crippen LogP contribution in [0, 0.1) is 23.7 Å². The molecule has 2 rings (SSSR count). The molecule has 0 radical (unpaired) electrons. The molecule has 0 bridgehead atoms. The minimum Gasteiger partial charge on any atom is -0.456 e. The minimum absolute atomic E-state index is 0.0464. The van der Waals surface area contributed by atoms with Crippen LogP contribution in [0.15, 0.2) is 0 Å². The molecule has 2 fully saturated rings. The van der Waals surface area contributed by atoms with Crippen molar-refractivity contribution in [3.05, 3.63) is 0 Å². The third kappa shape index (κ3) is 11.4. The van der Waals surface area contributed by atoms with E-state index < -0.39 is 72.3 Å². The standard InChI is InChI=1S/C34H65NO10/c1-13-19(3)18-33(9,38)31(45-28-17-25(35(11)12)16-21(5)41-28)22(6)30(44-27-15-20(4)29(36)24(8)42-27)23(7)32(37)43-26(14-2)34(10,39)40/h19-31,36,38-40H,13-18H2,1-12H3/t19-,20?,21?,22-,23?,24?,25?,26+,27-,28?,29+,30-,31+,33+/m0/s1. The normalized spacial score (nSPS) is 33.5. The van der Waals surface area contributed by atoms with Crippen LogP contribution in [0.3, 0.4) is 0 Å². The van der Waals surface area contributed by atoms with Crippen molar-refractivity contribution < 1.29 is 48.9 Å². The lowest BCUT2D eigenvalue weighted by Crippen LogP contribution is -2.56. The molecule has 11 heteroatoms. The van der Waals surface area contributed by atoms with Crippen molar-refractivity contribution in [3.63, 3.8) is 0 Å². The average molecular weight is 648 g/mol. The number of hydrogen-bond donors (Lipinski definition) is 4. The number of carbonyl (C=O) groups excluding carboxylic acids is 1. The summed E-state index contributed by atoms with van der Waals surface area (Å²) in [6, 6.07) is 0.234. The van der Waals surface area contributed by atoms with Crippen molar-refractivity contribution in [1.82, 2.24) is 4.90 Å². The second-order valence-electron chi connectivity index (χ2n) is 14.7. The predicted molar refractivity (Wildman–Crippen MR) is 171 cm³/mol.